The Morgan fingerprint density at radius 1 is 1.33 bits per heavy atom. The van der Waals surface area contributed by atoms with Crippen LogP contribution in [0.4, 0.5) is 8.78 Å². The van der Waals surface area contributed by atoms with Gasteiger partial charge in [0.25, 0.3) is 12.3 Å². The summed E-state index contributed by atoms with van der Waals surface area (Å²) in [4.78, 5) is 12.9. The van der Waals surface area contributed by atoms with Crippen LogP contribution in [0.25, 0.3) is 11.3 Å². The van der Waals surface area contributed by atoms with Gasteiger partial charge in [0.1, 0.15) is 5.69 Å². The molecule has 5 nitrogen and oxygen atoms in total. The van der Waals surface area contributed by atoms with Crippen LogP contribution in [-0.4, -0.2) is 47.2 Å². The van der Waals surface area contributed by atoms with E-state index >= 15 is 0 Å². The molecule has 0 aliphatic rings. The van der Waals surface area contributed by atoms with E-state index in [9.17, 15) is 13.6 Å². The molecule has 7 heteroatoms. The Bertz CT molecular complexity index is 587. The van der Waals surface area contributed by atoms with E-state index in [1.54, 1.807) is 24.3 Å². The number of aliphatic hydroxyl groups is 1. The van der Waals surface area contributed by atoms with Gasteiger partial charge in [-0.25, -0.2) is 8.78 Å². The number of nitrogens with zero attached hydrogens (tertiary/aromatic N) is 2. The molecule has 1 aromatic heterocycles. The number of rotatable bonds is 6. The molecule has 0 unspecified atom stereocenters. The first-order valence-corrected chi connectivity index (χ1v) is 6.32. The Labute approximate surface area is 119 Å². The van der Waals surface area contributed by atoms with Crippen molar-refractivity contribution in [2.24, 2.45) is 0 Å². The zero-order valence-electron chi connectivity index (χ0n) is 11.1. The molecule has 2 aromatic rings. The minimum Gasteiger partial charge on any atom is -0.395 e. The van der Waals surface area contributed by atoms with Gasteiger partial charge in [-0.1, -0.05) is 35.5 Å². The number of amides is 1. The topological polar surface area (TPSA) is 66.6 Å². The third kappa shape index (κ3) is 3.85. The number of alkyl halides is 2. The highest BCUT2D eigenvalue weighted by Gasteiger charge is 2.23. The van der Waals surface area contributed by atoms with E-state index in [4.69, 9.17) is 9.63 Å². The molecule has 0 fully saturated rings. The molecule has 0 aliphatic heterocycles. The van der Waals surface area contributed by atoms with Gasteiger partial charge in [-0.05, 0) is 0 Å². The maximum Gasteiger partial charge on any atom is 0.292 e. The molecule has 0 aliphatic carbocycles. The molecule has 0 atom stereocenters. The van der Waals surface area contributed by atoms with Crippen LogP contribution in [-0.2, 0) is 0 Å². The first-order valence-electron chi connectivity index (χ1n) is 6.32. The number of halogens is 2. The normalized spacial score (nSPS) is 10.9. The highest BCUT2D eigenvalue weighted by molar-refractivity contribution is 5.92. The highest BCUT2D eigenvalue weighted by Crippen LogP contribution is 2.19. The molecule has 1 amide bonds. The number of aliphatic hydroxyl groups excluding tert-OH is 1. The Hall–Kier alpha value is -2.28. The fraction of sp³-hybridized carbons (Fsp3) is 0.286. The molecule has 2 rings (SSSR count). The lowest BCUT2D eigenvalue weighted by Gasteiger charge is -2.19. The molecule has 0 saturated carbocycles. The summed E-state index contributed by atoms with van der Waals surface area (Å²) >= 11 is 0. The van der Waals surface area contributed by atoms with Crippen LogP contribution in [0.3, 0.4) is 0 Å². The van der Waals surface area contributed by atoms with E-state index in [1.165, 1.54) is 6.07 Å². The van der Waals surface area contributed by atoms with Gasteiger partial charge in [0.15, 0.2) is 0 Å². The second kappa shape index (κ2) is 6.94. The van der Waals surface area contributed by atoms with E-state index in [2.05, 4.69) is 5.16 Å². The summed E-state index contributed by atoms with van der Waals surface area (Å²) in [5.74, 6) is -0.859. The Balaban J connectivity index is 2.17. The standard InChI is InChI=1S/C14H14F2N2O3/c15-13(16)9-18(6-7-19)14(20)12-8-11(17-21-12)10-4-2-1-3-5-10/h1-5,8,13,19H,6-7,9H2. The molecule has 1 aromatic carbocycles. The van der Waals surface area contributed by atoms with Crippen molar-refractivity contribution in [2.45, 2.75) is 6.43 Å². The van der Waals surface area contributed by atoms with Gasteiger partial charge in [-0.2, -0.15) is 0 Å². The minimum atomic E-state index is -2.68. The Morgan fingerprint density at radius 2 is 2.05 bits per heavy atom. The van der Waals surface area contributed by atoms with Gasteiger partial charge in [0, 0.05) is 18.2 Å². The van der Waals surface area contributed by atoms with Crippen molar-refractivity contribution in [2.75, 3.05) is 19.7 Å². The van der Waals surface area contributed by atoms with Crippen LogP contribution in [0.15, 0.2) is 40.9 Å². The van der Waals surface area contributed by atoms with Gasteiger partial charge in [0.2, 0.25) is 5.76 Å². The summed E-state index contributed by atoms with van der Waals surface area (Å²) in [6.07, 6.45) is -2.68. The van der Waals surface area contributed by atoms with Crippen LogP contribution in [0.5, 0.6) is 0 Å². The summed E-state index contributed by atoms with van der Waals surface area (Å²) in [6.45, 7) is -1.36. The van der Waals surface area contributed by atoms with Crippen LogP contribution >= 0.6 is 0 Å². The van der Waals surface area contributed by atoms with E-state index in [0.717, 1.165) is 10.5 Å². The van der Waals surface area contributed by atoms with E-state index in [-0.39, 0.29) is 12.3 Å². The number of benzene rings is 1. The highest BCUT2D eigenvalue weighted by atomic mass is 19.3. The average molecular weight is 296 g/mol. The van der Waals surface area contributed by atoms with Gasteiger partial charge >= 0.3 is 0 Å². The molecule has 0 saturated heterocycles. The molecule has 21 heavy (non-hydrogen) atoms. The van der Waals surface area contributed by atoms with Crippen molar-refractivity contribution in [3.05, 3.63) is 42.2 Å². The quantitative estimate of drug-likeness (QED) is 0.886. The molecule has 112 valence electrons. The zero-order chi connectivity index (χ0) is 15.2. The summed E-state index contributed by atoms with van der Waals surface area (Å²) in [7, 11) is 0. The van der Waals surface area contributed by atoms with Crippen LogP contribution in [0, 0.1) is 0 Å². The van der Waals surface area contributed by atoms with Crippen molar-refractivity contribution in [3.8, 4) is 11.3 Å². The van der Waals surface area contributed by atoms with E-state index in [1.807, 2.05) is 6.07 Å². The first-order chi connectivity index (χ1) is 10.1. The molecule has 1 N–H and O–H groups in total. The number of aromatic nitrogens is 1. The monoisotopic (exact) mass is 296 g/mol. The average Bonchev–Trinajstić information content (AvgIpc) is 2.96. The van der Waals surface area contributed by atoms with Crippen molar-refractivity contribution in [1.29, 1.82) is 0 Å². The van der Waals surface area contributed by atoms with Gasteiger partial charge in [0.05, 0.1) is 13.2 Å². The lowest BCUT2D eigenvalue weighted by Crippen LogP contribution is -2.37. The summed E-state index contributed by atoms with van der Waals surface area (Å²) < 4.78 is 29.8. The van der Waals surface area contributed by atoms with Crippen molar-refractivity contribution in [1.82, 2.24) is 10.1 Å². The Kier molecular flexibility index (Phi) is 4.99. The van der Waals surface area contributed by atoms with Crippen molar-refractivity contribution >= 4 is 5.91 Å². The summed E-state index contributed by atoms with van der Waals surface area (Å²) in [5.41, 5.74) is 1.20. The number of hydrogen-bond acceptors (Lipinski definition) is 4. The molecular weight excluding hydrogens is 282 g/mol. The smallest absolute Gasteiger partial charge is 0.292 e. The lowest BCUT2D eigenvalue weighted by molar-refractivity contribution is 0.0476. The second-order valence-corrected chi connectivity index (χ2v) is 4.31. The van der Waals surface area contributed by atoms with Gasteiger partial charge in [-0.15, -0.1) is 0 Å². The van der Waals surface area contributed by atoms with Crippen LogP contribution in [0.1, 0.15) is 10.6 Å². The number of carbonyl (C=O) groups excluding carboxylic acids is 1. The third-order valence-electron chi connectivity index (χ3n) is 2.81. The molecule has 1 heterocycles. The fourth-order valence-corrected chi connectivity index (χ4v) is 1.84. The maximum atomic E-state index is 12.4. The predicted octanol–water partition coefficient (Wildman–Crippen LogP) is 2.04. The maximum absolute atomic E-state index is 12.4. The predicted molar refractivity (Wildman–Crippen MR) is 70.9 cm³/mol. The van der Waals surface area contributed by atoms with Gasteiger partial charge in [-0.3, -0.25) is 4.79 Å². The molecule has 0 bridgehead atoms. The minimum absolute atomic E-state index is 0.136. The molecule has 0 spiro atoms. The summed E-state index contributed by atoms with van der Waals surface area (Å²) in [5, 5.41) is 12.6. The molecular formula is C14H14F2N2O3. The van der Waals surface area contributed by atoms with Crippen LogP contribution < -0.4 is 0 Å². The Morgan fingerprint density at radius 3 is 2.67 bits per heavy atom. The largest absolute Gasteiger partial charge is 0.395 e. The number of hydrogen-bond donors (Lipinski definition) is 1. The zero-order valence-corrected chi connectivity index (χ0v) is 11.1. The van der Waals surface area contributed by atoms with Crippen molar-refractivity contribution in [3.63, 3.8) is 0 Å². The second-order valence-electron chi connectivity index (χ2n) is 4.31. The third-order valence-corrected chi connectivity index (χ3v) is 2.81. The number of carbonyl (C=O) groups is 1. The van der Waals surface area contributed by atoms with Gasteiger partial charge < -0.3 is 14.5 Å². The first kappa shape index (κ1) is 15.1. The van der Waals surface area contributed by atoms with E-state index in [0.29, 0.717) is 5.69 Å². The fourth-order valence-electron chi connectivity index (χ4n) is 1.84. The molecule has 0 radical (unpaired) electrons. The van der Waals surface area contributed by atoms with Crippen molar-refractivity contribution < 1.29 is 23.2 Å². The summed E-state index contributed by atoms with van der Waals surface area (Å²) in [6, 6.07) is 10.4. The SMILES string of the molecule is O=C(c1cc(-c2ccccc2)no1)N(CCO)CC(F)F. The van der Waals surface area contributed by atoms with E-state index < -0.39 is 25.5 Å². The van der Waals surface area contributed by atoms with Crippen LogP contribution in [0.2, 0.25) is 0 Å². The lowest BCUT2D eigenvalue weighted by atomic mass is 10.1.